The minimum Gasteiger partial charge on any atom is -0.497 e. The Kier molecular flexibility index (Phi) is 6.21. The maximum absolute atomic E-state index is 12.0. The van der Waals surface area contributed by atoms with Gasteiger partial charge in [0.1, 0.15) is 5.75 Å². The van der Waals surface area contributed by atoms with E-state index in [9.17, 15) is 4.79 Å². The second kappa shape index (κ2) is 8.99. The number of rotatable bonds is 7. The van der Waals surface area contributed by atoms with Gasteiger partial charge in [-0.05, 0) is 53.8 Å². The van der Waals surface area contributed by atoms with Gasteiger partial charge in [0.05, 0.1) is 13.3 Å². The summed E-state index contributed by atoms with van der Waals surface area (Å²) in [4.78, 5) is 12.0. The molecule has 0 unspecified atom stereocenters. The van der Waals surface area contributed by atoms with E-state index < -0.39 is 0 Å². The lowest BCUT2D eigenvalue weighted by atomic mass is 10.0. The number of nitrogens with zero attached hydrogens (tertiary/aromatic N) is 1. The summed E-state index contributed by atoms with van der Waals surface area (Å²) in [5, 5.41) is 6.39. The van der Waals surface area contributed by atoms with Crippen molar-refractivity contribution in [1.29, 1.82) is 0 Å². The molecule has 0 fully saturated rings. The van der Waals surface area contributed by atoms with Gasteiger partial charge in [0, 0.05) is 12.0 Å². The quantitative estimate of drug-likeness (QED) is 0.493. The number of ether oxygens (including phenoxy) is 1. The lowest BCUT2D eigenvalue weighted by Crippen LogP contribution is -2.17. The molecule has 27 heavy (non-hydrogen) atoms. The smallest absolute Gasteiger partial charge is 0.240 e. The highest BCUT2D eigenvalue weighted by Gasteiger charge is 2.04. The molecule has 0 spiro atoms. The molecule has 0 aliphatic heterocycles. The molecular weight excluding hydrogens is 336 g/mol. The van der Waals surface area contributed by atoms with Crippen LogP contribution in [0.4, 0.5) is 0 Å². The molecule has 0 radical (unpaired) electrons. The van der Waals surface area contributed by atoms with Crippen LogP contribution in [0.5, 0.6) is 5.75 Å². The van der Waals surface area contributed by atoms with Gasteiger partial charge in [0.25, 0.3) is 0 Å². The number of methoxy groups -OCH3 is 1. The molecule has 138 valence electrons. The van der Waals surface area contributed by atoms with Crippen LogP contribution in [0.15, 0.2) is 65.8 Å². The van der Waals surface area contributed by atoms with E-state index in [1.165, 1.54) is 11.1 Å². The first-order valence-corrected chi connectivity index (χ1v) is 9.10. The molecule has 3 aromatic carbocycles. The number of amides is 1. The normalized spacial score (nSPS) is 11.0. The fourth-order valence-electron chi connectivity index (χ4n) is 3.11. The number of nitrogens with one attached hydrogen (secondary N) is 1. The van der Waals surface area contributed by atoms with Crippen LogP contribution in [-0.4, -0.2) is 19.2 Å². The van der Waals surface area contributed by atoms with E-state index >= 15 is 0 Å². The number of hydrogen-bond acceptors (Lipinski definition) is 3. The first-order chi connectivity index (χ1) is 13.2. The number of aryl methyl sites for hydroxylation is 2. The van der Waals surface area contributed by atoms with Crippen LogP contribution < -0.4 is 10.2 Å². The highest BCUT2D eigenvalue weighted by Crippen LogP contribution is 2.19. The topological polar surface area (TPSA) is 50.7 Å². The predicted molar refractivity (Wildman–Crippen MR) is 110 cm³/mol. The van der Waals surface area contributed by atoms with Gasteiger partial charge in [0.15, 0.2) is 0 Å². The molecular formula is C23H24N2O2. The zero-order valence-corrected chi connectivity index (χ0v) is 15.7. The fourth-order valence-corrected chi connectivity index (χ4v) is 3.11. The predicted octanol–water partition coefficient (Wildman–Crippen LogP) is 4.63. The molecule has 3 rings (SSSR count). The Morgan fingerprint density at radius 3 is 2.74 bits per heavy atom. The summed E-state index contributed by atoms with van der Waals surface area (Å²) in [6, 6.07) is 20.2. The van der Waals surface area contributed by atoms with Gasteiger partial charge in [0.2, 0.25) is 5.91 Å². The van der Waals surface area contributed by atoms with Crippen molar-refractivity contribution in [2.24, 2.45) is 5.10 Å². The van der Waals surface area contributed by atoms with Crippen LogP contribution in [0, 0.1) is 6.92 Å². The van der Waals surface area contributed by atoms with E-state index in [1.54, 1.807) is 13.3 Å². The average molecular weight is 360 g/mol. The number of carbonyl (C=O) groups excluding carboxylic acids is 1. The zero-order chi connectivity index (χ0) is 19.1. The molecule has 0 aromatic heterocycles. The Balaban J connectivity index is 1.50. The van der Waals surface area contributed by atoms with Crippen LogP contribution in [0.3, 0.4) is 0 Å². The Morgan fingerprint density at radius 1 is 1.11 bits per heavy atom. The minimum atomic E-state index is -0.0716. The van der Waals surface area contributed by atoms with Gasteiger partial charge in [-0.2, -0.15) is 5.10 Å². The lowest BCUT2D eigenvalue weighted by Gasteiger charge is -2.07. The van der Waals surface area contributed by atoms with Crippen LogP contribution in [0.2, 0.25) is 0 Å². The van der Waals surface area contributed by atoms with Crippen molar-refractivity contribution >= 4 is 22.9 Å². The summed E-state index contributed by atoms with van der Waals surface area (Å²) < 4.78 is 5.22. The van der Waals surface area contributed by atoms with E-state index in [1.807, 2.05) is 36.4 Å². The molecule has 1 amide bonds. The molecule has 4 heteroatoms. The number of hydrogen-bond donors (Lipinski definition) is 1. The van der Waals surface area contributed by atoms with Gasteiger partial charge >= 0.3 is 0 Å². The standard InChI is InChI=1S/C23H24N2O2/c1-17-15-21(27-2)14-13-18(17)8-6-12-23(26)25-24-16-20-10-5-9-19-7-3-4-11-22(19)20/h3-5,7,9-11,13-16H,6,8,12H2,1-2H3,(H,25,26)/b24-16-. The third-order valence-electron chi connectivity index (χ3n) is 4.62. The zero-order valence-electron chi connectivity index (χ0n) is 15.7. The molecule has 0 heterocycles. The van der Waals surface area contributed by atoms with E-state index in [4.69, 9.17) is 4.74 Å². The van der Waals surface area contributed by atoms with Gasteiger partial charge < -0.3 is 4.74 Å². The van der Waals surface area contributed by atoms with Gasteiger partial charge in [-0.25, -0.2) is 5.43 Å². The molecule has 0 aliphatic carbocycles. The van der Waals surface area contributed by atoms with Crippen molar-refractivity contribution < 1.29 is 9.53 Å². The summed E-state index contributed by atoms with van der Waals surface area (Å²) in [7, 11) is 1.66. The number of fused-ring (bicyclic) bond motifs is 1. The van der Waals surface area contributed by atoms with E-state index in [2.05, 4.69) is 41.7 Å². The van der Waals surface area contributed by atoms with E-state index in [-0.39, 0.29) is 5.91 Å². The molecule has 1 N–H and O–H groups in total. The number of carbonyl (C=O) groups is 1. The molecule has 0 bridgehead atoms. The highest BCUT2D eigenvalue weighted by molar-refractivity contribution is 5.99. The third-order valence-corrected chi connectivity index (χ3v) is 4.62. The minimum absolute atomic E-state index is 0.0716. The third kappa shape index (κ3) is 4.94. The fraction of sp³-hybridized carbons (Fsp3) is 0.217. The van der Waals surface area contributed by atoms with Gasteiger partial charge in [-0.3, -0.25) is 4.79 Å². The molecule has 0 atom stereocenters. The summed E-state index contributed by atoms with van der Waals surface area (Å²) in [5.74, 6) is 0.786. The van der Waals surface area contributed by atoms with Crippen LogP contribution in [0.25, 0.3) is 10.8 Å². The number of hydrazone groups is 1. The van der Waals surface area contributed by atoms with Crippen molar-refractivity contribution in [1.82, 2.24) is 5.43 Å². The molecule has 0 aliphatic rings. The average Bonchev–Trinajstić information content (AvgIpc) is 2.69. The van der Waals surface area contributed by atoms with Gasteiger partial charge in [-0.1, -0.05) is 48.5 Å². The Morgan fingerprint density at radius 2 is 1.93 bits per heavy atom. The summed E-state index contributed by atoms with van der Waals surface area (Å²) in [6.07, 6.45) is 3.78. The second-order valence-electron chi connectivity index (χ2n) is 6.51. The Labute approximate surface area is 159 Å². The monoisotopic (exact) mass is 360 g/mol. The molecule has 4 nitrogen and oxygen atoms in total. The van der Waals surface area contributed by atoms with Gasteiger partial charge in [-0.15, -0.1) is 0 Å². The maximum atomic E-state index is 12.0. The molecule has 0 saturated heterocycles. The number of benzene rings is 3. The van der Waals surface area contributed by atoms with E-state index in [0.717, 1.165) is 34.9 Å². The van der Waals surface area contributed by atoms with Crippen molar-refractivity contribution in [3.05, 3.63) is 77.4 Å². The molecule has 3 aromatic rings. The van der Waals surface area contributed by atoms with Crippen molar-refractivity contribution in [3.8, 4) is 5.75 Å². The summed E-state index contributed by atoms with van der Waals surface area (Å²) in [6.45, 7) is 2.06. The largest absolute Gasteiger partial charge is 0.497 e. The van der Waals surface area contributed by atoms with Crippen molar-refractivity contribution in [3.63, 3.8) is 0 Å². The van der Waals surface area contributed by atoms with Crippen molar-refractivity contribution in [2.75, 3.05) is 7.11 Å². The van der Waals surface area contributed by atoms with E-state index in [0.29, 0.717) is 6.42 Å². The maximum Gasteiger partial charge on any atom is 0.240 e. The summed E-state index contributed by atoms with van der Waals surface area (Å²) in [5.41, 5.74) is 6.04. The first kappa shape index (κ1) is 18.6. The van der Waals surface area contributed by atoms with Crippen LogP contribution >= 0.6 is 0 Å². The lowest BCUT2D eigenvalue weighted by molar-refractivity contribution is -0.121. The molecule has 0 saturated carbocycles. The Bertz CT molecular complexity index is 958. The first-order valence-electron chi connectivity index (χ1n) is 9.10. The SMILES string of the molecule is COc1ccc(CCCC(=O)N/N=C\c2cccc3ccccc23)c(C)c1. The van der Waals surface area contributed by atoms with Crippen LogP contribution in [0.1, 0.15) is 29.5 Å². The van der Waals surface area contributed by atoms with Crippen molar-refractivity contribution in [2.45, 2.75) is 26.2 Å². The second-order valence-corrected chi connectivity index (χ2v) is 6.51. The highest BCUT2D eigenvalue weighted by atomic mass is 16.5. The Hall–Kier alpha value is -3.14. The summed E-state index contributed by atoms with van der Waals surface area (Å²) >= 11 is 0. The van der Waals surface area contributed by atoms with Crippen LogP contribution in [-0.2, 0) is 11.2 Å².